The molecule has 0 spiro atoms. The summed E-state index contributed by atoms with van der Waals surface area (Å²) in [6.45, 7) is 12.5. The molecule has 0 aliphatic heterocycles. The molecule has 10 heteroatoms. The third-order valence-corrected chi connectivity index (χ3v) is 4.75. The average Bonchev–Trinajstić information content (AvgIpc) is 2.72. The number of aliphatic imine (C=N–C) groups is 1. The number of alkyl carbamates (subject to hydrolysis) is 1. The maximum atomic E-state index is 13.5. The smallest absolute Gasteiger partial charge is 0.407 e. The normalized spacial score (nSPS) is 14.1. The largest absolute Gasteiger partial charge is 0.444 e. The van der Waals surface area contributed by atoms with E-state index in [1.54, 1.807) is 40.7 Å². The van der Waals surface area contributed by atoms with E-state index >= 15 is 0 Å². The lowest BCUT2D eigenvalue weighted by molar-refractivity contribution is 0.0240. The van der Waals surface area contributed by atoms with Gasteiger partial charge in [0.25, 0.3) is 0 Å². The minimum absolute atomic E-state index is 0.154. The van der Waals surface area contributed by atoms with Crippen LogP contribution in [0.5, 0.6) is 5.75 Å². The van der Waals surface area contributed by atoms with Crippen molar-refractivity contribution in [3.05, 3.63) is 42.0 Å². The predicted molar refractivity (Wildman–Crippen MR) is 141 cm³/mol. The molecule has 36 heavy (non-hydrogen) atoms. The zero-order chi connectivity index (χ0) is 27.2. The number of allylic oxidation sites excluding steroid dienone is 1. The van der Waals surface area contributed by atoms with Crippen molar-refractivity contribution in [3.8, 4) is 5.75 Å². The Morgan fingerprint density at radius 1 is 1.17 bits per heavy atom. The van der Waals surface area contributed by atoms with Crippen molar-refractivity contribution in [3.63, 3.8) is 0 Å². The Balaban J connectivity index is 2.58. The number of amidine groups is 1. The van der Waals surface area contributed by atoms with Gasteiger partial charge in [0, 0.05) is 44.0 Å². The number of hydrogen-bond donors (Lipinski definition) is 5. The quantitative estimate of drug-likeness (QED) is 0.111. The Morgan fingerprint density at radius 2 is 1.89 bits per heavy atom. The number of benzene rings is 1. The summed E-state index contributed by atoms with van der Waals surface area (Å²) in [6, 6.07) is 5.70. The van der Waals surface area contributed by atoms with Gasteiger partial charge in [0.05, 0.1) is 5.60 Å². The van der Waals surface area contributed by atoms with Crippen LogP contribution in [0.3, 0.4) is 0 Å². The molecule has 0 bridgehead atoms. The van der Waals surface area contributed by atoms with E-state index < -0.39 is 23.1 Å². The first-order valence-corrected chi connectivity index (χ1v) is 12.2. The molecule has 1 unspecified atom stereocenters. The molecule has 1 atom stereocenters. The number of rotatable bonds is 14. The van der Waals surface area contributed by atoms with Crippen LogP contribution in [-0.4, -0.2) is 60.1 Å². The molecule has 0 aromatic heterocycles. The Morgan fingerprint density at radius 3 is 2.50 bits per heavy atom. The maximum absolute atomic E-state index is 13.5. The van der Waals surface area contributed by atoms with E-state index in [0.717, 1.165) is 6.42 Å². The maximum Gasteiger partial charge on any atom is 0.407 e. The van der Waals surface area contributed by atoms with Crippen molar-refractivity contribution < 1.29 is 23.8 Å². The Kier molecular flexibility index (Phi) is 13.1. The third kappa shape index (κ3) is 14.4. The summed E-state index contributed by atoms with van der Waals surface area (Å²) >= 11 is 0. The van der Waals surface area contributed by atoms with Crippen molar-refractivity contribution in [2.45, 2.75) is 72.0 Å². The molecule has 0 aliphatic rings. The van der Waals surface area contributed by atoms with E-state index in [9.17, 15) is 14.3 Å². The molecule has 1 aromatic rings. The molecule has 0 aliphatic carbocycles. The first-order chi connectivity index (χ1) is 16.8. The molecule has 0 fully saturated rings. The van der Waals surface area contributed by atoms with Crippen LogP contribution in [0.4, 0.5) is 9.18 Å². The lowest BCUT2D eigenvalue weighted by atomic mass is 9.94. The van der Waals surface area contributed by atoms with Crippen LogP contribution in [0, 0.1) is 11.2 Å². The Hall–Kier alpha value is -2.98. The van der Waals surface area contributed by atoms with Gasteiger partial charge < -0.3 is 35.9 Å². The van der Waals surface area contributed by atoms with Crippen LogP contribution < -0.4 is 20.7 Å². The second kappa shape index (κ2) is 15.2. The summed E-state index contributed by atoms with van der Waals surface area (Å²) in [5, 5.41) is 27.8. The molecular weight excluding hydrogens is 465 g/mol. The number of ether oxygens (including phenoxy) is 2. The van der Waals surface area contributed by atoms with Crippen molar-refractivity contribution in [2.75, 3.05) is 26.2 Å². The van der Waals surface area contributed by atoms with Crippen molar-refractivity contribution in [1.82, 2.24) is 16.0 Å². The molecule has 1 aromatic carbocycles. The molecule has 5 N–H and O–H groups in total. The number of carbonyl (C=O) groups excluding carboxylic acids is 1. The molecule has 0 heterocycles. The van der Waals surface area contributed by atoms with Crippen molar-refractivity contribution in [1.29, 1.82) is 5.41 Å². The fourth-order valence-corrected chi connectivity index (χ4v) is 3.26. The molecule has 0 saturated carbocycles. The highest BCUT2D eigenvalue weighted by atomic mass is 19.1. The summed E-state index contributed by atoms with van der Waals surface area (Å²) in [5.41, 5.74) is -1.24. The molecular formula is C26H42FN5O4. The minimum Gasteiger partial charge on any atom is -0.444 e. The van der Waals surface area contributed by atoms with Gasteiger partial charge in [-0.2, -0.15) is 0 Å². The van der Waals surface area contributed by atoms with Gasteiger partial charge in [-0.25, -0.2) is 14.2 Å². The first-order valence-electron chi connectivity index (χ1n) is 12.2. The van der Waals surface area contributed by atoms with Crippen LogP contribution >= 0.6 is 0 Å². The molecule has 0 radical (unpaired) electrons. The number of halogens is 1. The van der Waals surface area contributed by atoms with Gasteiger partial charge in [0.1, 0.15) is 23.0 Å². The van der Waals surface area contributed by atoms with E-state index in [0.29, 0.717) is 44.9 Å². The number of aliphatic hydroxyl groups is 1. The third-order valence-electron chi connectivity index (χ3n) is 4.75. The summed E-state index contributed by atoms with van der Waals surface area (Å²) in [7, 11) is 0. The van der Waals surface area contributed by atoms with Gasteiger partial charge in [0.15, 0.2) is 0 Å². The summed E-state index contributed by atoms with van der Waals surface area (Å²) < 4.78 is 24.3. The van der Waals surface area contributed by atoms with E-state index in [4.69, 9.17) is 14.9 Å². The van der Waals surface area contributed by atoms with Crippen LogP contribution in [0.15, 0.2) is 41.2 Å². The van der Waals surface area contributed by atoms with Gasteiger partial charge >= 0.3 is 6.09 Å². The van der Waals surface area contributed by atoms with E-state index in [2.05, 4.69) is 20.9 Å². The van der Waals surface area contributed by atoms with E-state index in [-0.39, 0.29) is 17.3 Å². The highest BCUT2D eigenvalue weighted by Gasteiger charge is 2.25. The van der Waals surface area contributed by atoms with Crippen LogP contribution in [-0.2, 0) is 4.74 Å². The molecule has 202 valence electrons. The number of nitrogens with one attached hydrogen (secondary N) is 4. The standard InChI is InChI=1S/C26H42FN5O4/c1-7-11-26(34,18-29-14-15-31-24(33)36-25(4,5)6)12-13-30-20(3)32-23(16-19(2)28)35-22-10-8-9-21(27)17-22/h8-10,16-17,28-29,34H,7,11-15,18H2,1-6H3,(H,30,32)(H,31,33)/b23-16+,28-19?. The van der Waals surface area contributed by atoms with Crippen LogP contribution in [0.2, 0.25) is 0 Å². The zero-order valence-electron chi connectivity index (χ0n) is 22.3. The summed E-state index contributed by atoms with van der Waals surface area (Å²) in [6.07, 6.45) is 2.86. The topological polar surface area (TPSA) is 128 Å². The average molecular weight is 508 g/mol. The summed E-state index contributed by atoms with van der Waals surface area (Å²) in [5.74, 6) is 0.540. The van der Waals surface area contributed by atoms with E-state index in [1.165, 1.54) is 24.3 Å². The summed E-state index contributed by atoms with van der Waals surface area (Å²) in [4.78, 5) is 16.1. The Bertz CT molecular complexity index is 914. The van der Waals surface area contributed by atoms with Gasteiger partial charge in [-0.15, -0.1) is 0 Å². The highest BCUT2D eigenvalue weighted by molar-refractivity contribution is 5.91. The zero-order valence-corrected chi connectivity index (χ0v) is 22.3. The fraction of sp³-hybridized carbons (Fsp3) is 0.577. The predicted octanol–water partition coefficient (Wildman–Crippen LogP) is 4.13. The number of hydrogen-bond acceptors (Lipinski definition) is 7. The lowest BCUT2D eigenvalue weighted by Gasteiger charge is -2.28. The Labute approximate surface area is 214 Å². The van der Waals surface area contributed by atoms with Crippen molar-refractivity contribution >= 4 is 17.6 Å². The number of amides is 1. The second-order valence-corrected chi connectivity index (χ2v) is 9.68. The van der Waals surface area contributed by atoms with Gasteiger partial charge in [0.2, 0.25) is 5.88 Å². The van der Waals surface area contributed by atoms with Gasteiger partial charge in [-0.1, -0.05) is 19.4 Å². The monoisotopic (exact) mass is 507 g/mol. The first kappa shape index (κ1) is 31.1. The minimum atomic E-state index is -0.934. The number of carbonyl (C=O) groups is 1. The second-order valence-electron chi connectivity index (χ2n) is 9.68. The van der Waals surface area contributed by atoms with Gasteiger partial charge in [-0.05, 0) is 59.6 Å². The van der Waals surface area contributed by atoms with E-state index in [1.807, 2.05) is 6.92 Å². The lowest BCUT2D eigenvalue weighted by Crippen LogP contribution is -2.45. The molecule has 0 saturated heterocycles. The van der Waals surface area contributed by atoms with Gasteiger partial charge in [-0.3, -0.25) is 0 Å². The van der Waals surface area contributed by atoms with Crippen LogP contribution in [0.25, 0.3) is 0 Å². The SMILES string of the molecule is CCCC(O)(CCN/C(C)=N/C(=C\C(C)=N)Oc1cccc(F)c1)CNCCNC(=O)OC(C)(C)C. The van der Waals surface area contributed by atoms with Crippen molar-refractivity contribution in [2.24, 2.45) is 4.99 Å². The van der Waals surface area contributed by atoms with Crippen LogP contribution in [0.1, 0.15) is 60.8 Å². The molecule has 1 amide bonds. The number of nitrogens with zero attached hydrogens (tertiary/aromatic N) is 1. The molecule has 1 rings (SSSR count). The fourth-order valence-electron chi connectivity index (χ4n) is 3.26. The highest BCUT2D eigenvalue weighted by Crippen LogP contribution is 2.17. The molecule has 9 nitrogen and oxygen atoms in total.